The minimum atomic E-state index is 0.0233. The van der Waals surface area contributed by atoms with Crippen molar-refractivity contribution in [2.45, 2.75) is 25.3 Å². The van der Waals surface area contributed by atoms with E-state index >= 15 is 0 Å². The number of hydrogen-bond acceptors (Lipinski definition) is 5. The number of amides is 1. The van der Waals surface area contributed by atoms with Crippen LogP contribution in [0.5, 0.6) is 11.5 Å². The van der Waals surface area contributed by atoms with Crippen molar-refractivity contribution in [1.29, 1.82) is 0 Å². The SMILES string of the molecule is COc1ccc(OC)c(C(=O)N2CCN(CC3CCCCN3C)CC2)c1. The first-order valence-electron chi connectivity index (χ1n) is 9.56. The number of likely N-dealkylation sites (tertiary alicyclic amines) is 1. The second kappa shape index (κ2) is 8.73. The monoisotopic (exact) mass is 361 g/mol. The molecule has 2 saturated heterocycles. The third-order valence-corrected chi connectivity index (χ3v) is 5.69. The minimum Gasteiger partial charge on any atom is -0.497 e. The van der Waals surface area contributed by atoms with Crippen LogP contribution < -0.4 is 9.47 Å². The molecule has 1 aromatic rings. The standard InChI is InChI=1S/C20H31N3O3/c1-21-9-5-4-6-16(21)15-22-10-12-23(13-11-22)20(24)18-14-17(25-2)7-8-19(18)26-3/h7-8,14,16H,4-6,9-13,15H2,1-3H3. The van der Waals surface area contributed by atoms with Gasteiger partial charge < -0.3 is 19.3 Å². The van der Waals surface area contributed by atoms with Crippen LogP contribution in [0.1, 0.15) is 29.6 Å². The molecule has 3 rings (SSSR count). The maximum absolute atomic E-state index is 13.0. The average Bonchev–Trinajstić information content (AvgIpc) is 2.69. The van der Waals surface area contributed by atoms with Gasteiger partial charge in [0.05, 0.1) is 19.8 Å². The molecule has 2 heterocycles. The van der Waals surface area contributed by atoms with Gasteiger partial charge in [-0.1, -0.05) is 6.42 Å². The molecule has 0 saturated carbocycles. The molecule has 6 heteroatoms. The topological polar surface area (TPSA) is 45.3 Å². The molecule has 0 spiro atoms. The lowest BCUT2D eigenvalue weighted by Crippen LogP contribution is -2.53. The number of hydrogen-bond donors (Lipinski definition) is 0. The summed E-state index contributed by atoms with van der Waals surface area (Å²) in [5.41, 5.74) is 0.576. The number of piperidine rings is 1. The summed E-state index contributed by atoms with van der Waals surface area (Å²) in [6, 6.07) is 6.03. The maximum Gasteiger partial charge on any atom is 0.257 e. The van der Waals surface area contributed by atoms with E-state index in [1.165, 1.54) is 25.8 Å². The second-order valence-corrected chi connectivity index (χ2v) is 7.29. The Morgan fingerprint density at radius 3 is 2.50 bits per heavy atom. The fraction of sp³-hybridized carbons (Fsp3) is 0.650. The molecule has 0 radical (unpaired) electrons. The van der Waals surface area contributed by atoms with E-state index in [1.807, 2.05) is 11.0 Å². The van der Waals surface area contributed by atoms with Crippen LogP contribution in [0.25, 0.3) is 0 Å². The first-order valence-corrected chi connectivity index (χ1v) is 9.56. The third-order valence-electron chi connectivity index (χ3n) is 5.69. The normalized spacial score (nSPS) is 22.3. The largest absolute Gasteiger partial charge is 0.497 e. The lowest BCUT2D eigenvalue weighted by atomic mass is 10.0. The van der Waals surface area contributed by atoms with Crippen molar-refractivity contribution in [3.05, 3.63) is 23.8 Å². The summed E-state index contributed by atoms with van der Waals surface area (Å²) in [6.07, 6.45) is 3.94. The van der Waals surface area contributed by atoms with Crippen LogP contribution in [0.3, 0.4) is 0 Å². The number of methoxy groups -OCH3 is 2. The number of carbonyl (C=O) groups is 1. The number of ether oxygens (including phenoxy) is 2. The van der Waals surface area contributed by atoms with Crippen molar-refractivity contribution in [3.8, 4) is 11.5 Å². The fourth-order valence-corrected chi connectivity index (χ4v) is 3.96. The van der Waals surface area contributed by atoms with E-state index < -0.39 is 0 Å². The van der Waals surface area contributed by atoms with Crippen molar-refractivity contribution in [2.24, 2.45) is 0 Å². The van der Waals surface area contributed by atoms with Crippen molar-refractivity contribution in [3.63, 3.8) is 0 Å². The van der Waals surface area contributed by atoms with Crippen LogP contribution >= 0.6 is 0 Å². The van der Waals surface area contributed by atoms with Gasteiger partial charge in [0, 0.05) is 38.8 Å². The molecule has 1 unspecified atom stereocenters. The van der Waals surface area contributed by atoms with E-state index in [9.17, 15) is 4.79 Å². The fourth-order valence-electron chi connectivity index (χ4n) is 3.96. The Labute approximate surface area is 156 Å². The minimum absolute atomic E-state index is 0.0233. The van der Waals surface area contributed by atoms with Gasteiger partial charge in [0.2, 0.25) is 0 Å². The summed E-state index contributed by atoms with van der Waals surface area (Å²) in [5.74, 6) is 1.30. The van der Waals surface area contributed by atoms with Gasteiger partial charge in [-0.2, -0.15) is 0 Å². The Balaban J connectivity index is 1.58. The van der Waals surface area contributed by atoms with E-state index in [2.05, 4.69) is 16.8 Å². The predicted octanol–water partition coefficient (Wildman–Crippen LogP) is 1.95. The molecule has 2 aliphatic heterocycles. The quantitative estimate of drug-likeness (QED) is 0.802. The van der Waals surface area contributed by atoms with Crippen molar-refractivity contribution < 1.29 is 14.3 Å². The highest BCUT2D eigenvalue weighted by atomic mass is 16.5. The van der Waals surface area contributed by atoms with E-state index in [0.29, 0.717) is 23.1 Å². The molecular weight excluding hydrogens is 330 g/mol. The van der Waals surface area contributed by atoms with E-state index in [4.69, 9.17) is 9.47 Å². The zero-order valence-electron chi connectivity index (χ0n) is 16.2. The van der Waals surface area contributed by atoms with E-state index in [0.717, 1.165) is 32.7 Å². The van der Waals surface area contributed by atoms with Crippen LogP contribution in [0.4, 0.5) is 0 Å². The van der Waals surface area contributed by atoms with Gasteiger partial charge in [-0.25, -0.2) is 0 Å². The Morgan fingerprint density at radius 1 is 1.08 bits per heavy atom. The molecule has 144 valence electrons. The summed E-state index contributed by atoms with van der Waals surface area (Å²) in [5, 5.41) is 0. The van der Waals surface area contributed by atoms with Gasteiger partial charge in [0.1, 0.15) is 11.5 Å². The average molecular weight is 361 g/mol. The Kier molecular flexibility index (Phi) is 6.38. The maximum atomic E-state index is 13.0. The summed E-state index contributed by atoms with van der Waals surface area (Å²) in [7, 11) is 5.44. The number of nitrogens with zero attached hydrogens (tertiary/aromatic N) is 3. The highest BCUT2D eigenvalue weighted by Gasteiger charge is 2.27. The first-order chi connectivity index (χ1) is 12.6. The summed E-state index contributed by atoms with van der Waals surface area (Å²) >= 11 is 0. The summed E-state index contributed by atoms with van der Waals surface area (Å²) < 4.78 is 10.6. The smallest absolute Gasteiger partial charge is 0.257 e. The second-order valence-electron chi connectivity index (χ2n) is 7.29. The summed E-state index contributed by atoms with van der Waals surface area (Å²) in [4.78, 5) is 19.9. The highest BCUT2D eigenvalue weighted by molar-refractivity contribution is 5.97. The number of piperazine rings is 1. The van der Waals surface area contributed by atoms with Crippen LogP contribution in [0.2, 0.25) is 0 Å². The molecule has 0 bridgehead atoms. The molecule has 1 aromatic carbocycles. The number of carbonyl (C=O) groups excluding carboxylic acids is 1. The lowest BCUT2D eigenvalue weighted by molar-refractivity contribution is 0.0562. The Morgan fingerprint density at radius 2 is 1.85 bits per heavy atom. The Bertz CT molecular complexity index is 614. The third kappa shape index (κ3) is 4.30. The molecular formula is C20H31N3O3. The first kappa shape index (κ1) is 19.0. The van der Waals surface area contributed by atoms with Gasteiger partial charge in [-0.15, -0.1) is 0 Å². The lowest BCUT2D eigenvalue weighted by Gasteiger charge is -2.40. The van der Waals surface area contributed by atoms with Crippen LogP contribution in [0.15, 0.2) is 18.2 Å². The highest BCUT2D eigenvalue weighted by Crippen LogP contribution is 2.26. The van der Waals surface area contributed by atoms with Gasteiger partial charge in [0.15, 0.2) is 0 Å². The number of benzene rings is 1. The van der Waals surface area contributed by atoms with Crippen molar-refractivity contribution >= 4 is 5.91 Å². The van der Waals surface area contributed by atoms with Crippen LogP contribution in [0, 0.1) is 0 Å². The van der Waals surface area contributed by atoms with Crippen molar-refractivity contribution in [1.82, 2.24) is 14.7 Å². The molecule has 6 nitrogen and oxygen atoms in total. The predicted molar refractivity (Wildman–Crippen MR) is 102 cm³/mol. The molecule has 0 aromatic heterocycles. The Hall–Kier alpha value is -1.79. The molecule has 1 amide bonds. The van der Waals surface area contributed by atoms with Gasteiger partial charge >= 0.3 is 0 Å². The summed E-state index contributed by atoms with van der Waals surface area (Å²) in [6.45, 7) is 5.70. The number of likely N-dealkylation sites (N-methyl/N-ethyl adjacent to an activating group) is 1. The molecule has 2 aliphatic rings. The molecule has 26 heavy (non-hydrogen) atoms. The molecule has 0 N–H and O–H groups in total. The van der Waals surface area contributed by atoms with Crippen LogP contribution in [-0.2, 0) is 0 Å². The zero-order valence-corrected chi connectivity index (χ0v) is 16.2. The van der Waals surface area contributed by atoms with Gasteiger partial charge in [0.25, 0.3) is 5.91 Å². The van der Waals surface area contributed by atoms with Gasteiger partial charge in [-0.3, -0.25) is 9.69 Å². The van der Waals surface area contributed by atoms with Gasteiger partial charge in [-0.05, 0) is 44.6 Å². The van der Waals surface area contributed by atoms with Crippen LogP contribution in [-0.4, -0.2) is 87.2 Å². The molecule has 0 aliphatic carbocycles. The molecule has 1 atom stereocenters. The number of rotatable bonds is 5. The molecule has 2 fully saturated rings. The zero-order chi connectivity index (χ0) is 18.5. The van der Waals surface area contributed by atoms with Crippen molar-refractivity contribution in [2.75, 3.05) is 60.5 Å². The van der Waals surface area contributed by atoms with E-state index in [1.54, 1.807) is 26.4 Å². The van der Waals surface area contributed by atoms with E-state index in [-0.39, 0.29) is 5.91 Å².